The van der Waals surface area contributed by atoms with Crippen molar-refractivity contribution in [2.75, 3.05) is 6.54 Å². The molecular formula is C17H25N5O2. The van der Waals surface area contributed by atoms with Crippen LogP contribution in [0.1, 0.15) is 42.7 Å². The van der Waals surface area contributed by atoms with Crippen LogP contribution in [0.4, 0.5) is 4.79 Å². The van der Waals surface area contributed by atoms with Crippen LogP contribution in [0.2, 0.25) is 0 Å². The number of aryl methyl sites for hydroxylation is 3. The molecule has 1 aliphatic heterocycles. The Hall–Kier alpha value is -2.31. The molecule has 1 unspecified atom stereocenters. The summed E-state index contributed by atoms with van der Waals surface area (Å²) in [4.78, 5) is 18.7. The summed E-state index contributed by atoms with van der Waals surface area (Å²) in [6.07, 6.45) is 9.84. The molecule has 3 rings (SSSR count). The highest BCUT2D eigenvalue weighted by Crippen LogP contribution is 2.21. The van der Waals surface area contributed by atoms with Crippen molar-refractivity contribution < 1.29 is 9.32 Å². The van der Waals surface area contributed by atoms with Crippen molar-refractivity contribution in [3.05, 3.63) is 35.7 Å². The Bertz CT molecular complexity index is 645. The van der Waals surface area contributed by atoms with Crippen LogP contribution in [-0.4, -0.2) is 38.2 Å². The van der Waals surface area contributed by atoms with Gasteiger partial charge >= 0.3 is 6.03 Å². The number of nitrogens with one attached hydrogen (secondary N) is 1. The first-order valence-electron chi connectivity index (χ1n) is 8.57. The molecule has 7 nitrogen and oxygen atoms in total. The van der Waals surface area contributed by atoms with Gasteiger partial charge in [0.25, 0.3) is 0 Å². The van der Waals surface area contributed by atoms with Crippen molar-refractivity contribution in [2.45, 2.75) is 58.7 Å². The zero-order chi connectivity index (χ0) is 16.9. The fraction of sp³-hybridized carbons (Fsp3) is 0.588. The minimum atomic E-state index is 0.00494. The minimum absolute atomic E-state index is 0.00494. The average molecular weight is 331 g/mol. The standard InChI is InChI=1S/C17H25N5O2/c1-13-16(14(2)24-20-13)11-19-17(23)22-8-4-3-5-15(22)6-9-21-10-7-18-12-21/h7,10,12,15H,3-6,8-9,11H2,1-2H3,(H,19,23). The Morgan fingerprint density at radius 3 is 3.00 bits per heavy atom. The van der Waals surface area contributed by atoms with Gasteiger partial charge in [-0.15, -0.1) is 0 Å². The second-order valence-electron chi connectivity index (χ2n) is 6.39. The minimum Gasteiger partial charge on any atom is -0.361 e. The van der Waals surface area contributed by atoms with E-state index in [1.54, 1.807) is 6.20 Å². The SMILES string of the molecule is Cc1noc(C)c1CNC(=O)N1CCCCC1CCn1ccnc1. The first kappa shape index (κ1) is 16.5. The summed E-state index contributed by atoms with van der Waals surface area (Å²) in [5.74, 6) is 0.767. The van der Waals surface area contributed by atoms with Crippen molar-refractivity contribution in [3.63, 3.8) is 0 Å². The van der Waals surface area contributed by atoms with Gasteiger partial charge in [0.2, 0.25) is 0 Å². The summed E-state index contributed by atoms with van der Waals surface area (Å²) >= 11 is 0. The number of carbonyl (C=O) groups excluding carboxylic acids is 1. The van der Waals surface area contributed by atoms with Crippen LogP contribution in [0.5, 0.6) is 0 Å². The van der Waals surface area contributed by atoms with Crippen molar-refractivity contribution >= 4 is 6.03 Å². The fourth-order valence-electron chi connectivity index (χ4n) is 3.30. The molecule has 0 aromatic carbocycles. The van der Waals surface area contributed by atoms with E-state index in [4.69, 9.17) is 4.52 Å². The van der Waals surface area contributed by atoms with Crippen LogP contribution < -0.4 is 5.32 Å². The summed E-state index contributed by atoms with van der Waals surface area (Å²) in [6, 6.07) is 0.288. The highest BCUT2D eigenvalue weighted by Gasteiger charge is 2.26. The number of imidazole rings is 1. The molecule has 7 heteroatoms. The Labute approximate surface area is 142 Å². The lowest BCUT2D eigenvalue weighted by Gasteiger charge is -2.36. The van der Waals surface area contributed by atoms with Gasteiger partial charge in [0.1, 0.15) is 5.76 Å². The molecule has 2 aromatic heterocycles. The van der Waals surface area contributed by atoms with Crippen molar-refractivity contribution in [1.29, 1.82) is 0 Å². The van der Waals surface area contributed by atoms with Crippen LogP contribution in [0.25, 0.3) is 0 Å². The lowest BCUT2D eigenvalue weighted by Crippen LogP contribution is -2.48. The highest BCUT2D eigenvalue weighted by molar-refractivity contribution is 5.74. The van der Waals surface area contributed by atoms with Gasteiger partial charge in [-0.2, -0.15) is 0 Å². The first-order chi connectivity index (χ1) is 11.6. The predicted octanol–water partition coefficient (Wildman–Crippen LogP) is 2.64. The van der Waals surface area contributed by atoms with Crippen LogP contribution in [-0.2, 0) is 13.1 Å². The number of urea groups is 1. The molecule has 2 aromatic rings. The predicted molar refractivity (Wildman–Crippen MR) is 89.4 cm³/mol. The van der Waals surface area contributed by atoms with Gasteiger partial charge in [0.15, 0.2) is 0 Å². The average Bonchev–Trinajstić information content (AvgIpc) is 3.22. The van der Waals surface area contributed by atoms with E-state index in [2.05, 4.69) is 20.0 Å². The van der Waals surface area contributed by atoms with Gasteiger partial charge in [0.05, 0.1) is 12.0 Å². The molecule has 1 atom stereocenters. The third-order valence-corrected chi connectivity index (χ3v) is 4.77. The van der Waals surface area contributed by atoms with Gasteiger partial charge in [-0.1, -0.05) is 5.16 Å². The lowest BCUT2D eigenvalue weighted by atomic mass is 9.99. The molecule has 0 bridgehead atoms. The molecule has 1 aliphatic rings. The van der Waals surface area contributed by atoms with E-state index in [1.807, 2.05) is 31.3 Å². The number of aromatic nitrogens is 3. The third kappa shape index (κ3) is 3.77. The molecule has 0 saturated carbocycles. The van der Waals surface area contributed by atoms with E-state index in [1.165, 1.54) is 6.42 Å². The van der Waals surface area contributed by atoms with Crippen LogP contribution >= 0.6 is 0 Å². The van der Waals surface area contributed by atoms with Gasteiger partial charge < -0.3 is 19.3 Å². The van der Waals surface area contributed by atoms with Gasteiger partial charge in [0, 0.05) is 43.6 Å². The number of piperidine rings is 1. The van der Waals surface area contributed by atoms with Crippen LogP contribution in [0.15, 0.2) is 23.2 Å². The number of nitrogens with zero attached hydrogens (tertiary/aromatic N) is 4. The van der Waals surface area contributed by atoms with Gasteiger partial charge in [-0.25, -0.2) is 9.78 Å². The zero-order valence-corrected chi connectivity index (χ0v) is 14.4. The molecule has 0 spiro atoms. The first-order valence-corrected chi connectivity index (χ1v) is 8.57. The van der Waals surface area contributed by atoms with E-state index < -0.39 is 0 Å². The van der Waals surface area contributed by atoms with E-state index in [0.29, 0.717) is 6.54 Å². The Balaban J connectivity index is 1.56. The summed E-state index contributed by atoms with van der Waals surface area (Å²) in [7, 11) is 0. The van der Waals surface area contributed by atoms with E-state index in [-0.39, 0.29) is 12.1 Å². The second kappa shape index (κ2) is 7.51. The number of likely N-dealkylation sites (tertiary alicyclic amines) is 1. The number of hydrogen-bond donors (Lipinski definition) is 1. The molecule has 24 heavy (non-hydrogen) atoms. The quantitative estimate of drug-likeness (QED) is 0.914. The van der Waals surface area contributed by atoms with Crippen molar-refractivity contribution in [1.82, 2.24) is 24.9 Å². The number of rotatable bonds is 5. The summed E-state index contributed by atoms with van der Waals surface area (Å²) in [5.41, 5.74) is 1.80. The van der Waals surface area contributed by atoms with Crippen LogP contribution in [0, 0.1) is 13.8 Å². The van der Waals surface area contributed by atoms with Crippen LogP contribution in [0.3, 0.4) is 0 Å². The highest BCUT2D eigenvalue weighted by atomic mass is 16.5. The molecule has 1 N–H and O–H groups in total. The molecular weight excluding hydrogens is 306 g/mol. The molecule has 3 heterocycles. The molecule has 1 saturated heterocycles. The summed E-state index contributed by atoms with van der Waals surface area (Å²) in [6.45, 7) is 5.94. The summed E-state index contributed by atoms with van der Waals surface area (Å²) in [5, 5.41) is 6.96. The maximum atomic E-state index is 12.6. The normalized spacial score (nSPS) is 17.9. The maximum absolute atomic E-state index is 12.6. The maximum Gasteiger partial charge on any atom is 0.317 e. The number of carbonyl (C=O) groups is 1. The van der Waals surface area contributed by atoms with E-state index >= 15 is 0 Å². The third-order valence-electron chi connectivity index (χ3n) is 4.77. The van der Waals surface area contributed by atoms with E-state index in [9.17, 15) is 4.79 Å². The second-order valence-corrected chi connectivity index (χ2v) is 6.39. The Kier molecular flexibility index (Phi) is 5.17. The Morgan fingerprint density at radius 1 is 1.42 bits per heavy atom. The Morgan fingerprint density at radius 2 is 2.29 bits per heavy atom. The largest absolute Gasteiger partial charge is 0.361 e. The number of hydrogen-bond acceptors (Lipinski definition) is 4. The van der Waals surface area contributed by atoms with E-state index in [0.717, 1.165) is 49.4 Å². The molecule has 1 fully saturated rings. The molecule has 130 valence electrons. The number of amides is 2. The van der Waals surface area contributed by atoms with Gasteiger partial charge in [-0.05, 0) is 39.5 Å². The monoisotopic (exact) mass is 331 g/mol. The van der Waals surface area contributed by atoms with Gasteiger partial charge in [-0.3, -0.25) is 0 Å². The fourth-order valence-corrected chi connectivity index (χ4v) is 3.30. The van der Waals surface area contributed by atoms with Crippen molar-refractivity contribution in [2.24, 2.45) is 0 Å². The zero-order valence-electron chi connectivity index (χ0n) is 14.4. The molecule has 0 radical (unpaired) electrons. The van der Waals surface area contributed by atoms with Crippen molar-refractivity contribution in [3.8, 4) is 0 Å². The lowest BCUT2D eigenvalue weighted by molar-refractivity contribution is 0.143. The smallest absolute Gasteiger partial charge is 0.317 e. The molecule has 0 aliphatic carbocycles. The topological polar surface area (TPSA) is 76.2 Å². The summed E-state index contributed by atoms with van der Waals surface area (Å²) < 4.78 is 7.21. The molecule has 2 amide bonds.